The van der Waals surface area contributed by atoms with E-state index in [9.17, 15) is 4.79 Å². The van der Waals surface area contributed by atoms with Gasteiger partial charge in [-0.05, 0) is 23.6 Å². The first kappa shape index (κ1) is 15.0. The number of para-hydroxylation sites is 2. The number of thiophene rings is 1. The number of nitrogens with one attached hydrogen (secondary N) is 2. The molecule has 0 aliphatic heterocycles. The maximum absolute atomic E-state index is 12.2. The molecular formula is C17H14N4OS2. The van der Waals surface area contributed by atoms with E-state index in [0.29, 0.717) is 18.7 Å². The van der Waals surface area contributed by atoms with Gasteiger partial charge in [-0.25, -0.2) is 9.97 Å². The Kier molecular flexibility index (Phi) is 4.10. The van der Waals surface area contributed by atoms with E-state index in [0.717, 1.165) is 27.4 Å². The second-order valence-corrected chi connectivity index (χ2v) is 6.89. The Morgan fingerprint density at radius 2 is 2.08 bits per heavy atom. The molecule has 0 radical (unpaired) electrons. The molecule has 7 heteroatoms. The fourth-order valence-electron chi connectivity index (χ4n) is 2.41. The average Bonchev–Trinajstić information content (AvgIpc) is 3.33. The predicted octanol–water partition coefficient (Wildman–Crippen LogP) is 3.72. The van der Waals surface area contributed by atoms with Crippen LogP contribution in [0.15, 0.2) is 46.5 Å². The van der Waals surface area contributed by atoms with Gasteiger partial charge >= 0.3 is 0 Å². The Morgan fingerprint density at radius 3 is 2.92 bits per heavy atom. The summed E-state index contributed by atoms with van der Waals surface area (Å²) < 4.78 is 0. The lowest BCUT2D eigenvalue weighted by atomic mass is 10.3. The molecule has 4 rings (SSSR count). The van der Waals surface area contributed by atoms with Gasteiger partial charge in [0.15, 0.2) is 0 Å². The van der Waals surface area contributed by atoms with Crippen molar-refractivity contribution in [2.45, 2.75) is 6.42 Å². The summed E-state index contributed by atoms with van der Waals surface area (Å²) in [6, 6.07) is 9.90. The SMILES string of the molecule is O=C(NCCc1nc2ccccc2[nH]1)c1csc(-c2ccsc2)n1. The highest BCUT2D eigenvalue weighted by Gasteiger charge is 2.12. The quantitative estimate of drug-likeness (QED) is 0.574. The second-order valence-electron chi connectivity index (χ2n) is 5.26. The molecule has 1 aromatic carbocycles. The van der Waals surface area contributed by atoms with Gasteiger partial charge in [-0.1, -0.05) is 12.1 Å². The van der Waals surface area contributed by atoms with Gasteiger partial charge in [0.1, 0.15) is 16.5 Å². The number of carbonyl (C=O) groups is 1. The fourth-order valence-corrected chi connectivity index (χ4v) is 3.92. The number of H-pyrrole nitrogens is 1. The van der Waals surface area contributed by atoms with Gasteiger partial charge in [0.25, 0.3) is 5.91 Å². The zero-order valence-corrected chi connectivity index (χ0v) is 14.3. The first-order valence-electron chi connectivity index (χ1n) is 7.49. The Morgan fingerprint density at radius 1 is 1.17 bits per heavy atom. The summed E-state index contributed by atoms with van der Waals surface area (Å²) in [5, 5.41) is 9.60. The summed E-state index contributed by atoms with van der Waals surface area (Å²) in [5.74, 6) is 0.720. The molecule has 3 heterocycles. The van der Waals surface area contributed by atoms with Crippen molar-refractivity contribution in [3.05, 3.63) is 58.0 Å². The molecule has 0 unspecified atom stereocenters. The molecule has 5 nitrogen and oxygen atoms in total. The maximum Gasteiger partial charge on any atom is 0.270 e. The average molecular weight is 354 g/mol. The van der Waals surface area contributed by atoms with Crippen molar-refractivity contribution >= 4 is 39.6 Å². The van der Waals surface area contributed by atoms with Crippen molar-refractivity contribution in [1.29, 1.82) is 0 Å². The van der Waals surface area contributed by atoms with E-state index in [2.05, 4.69) is 20.3 Å². The normalized spacial score (nSPS) is 11.0. The lowest BCUT2D eigenvalue weighted by molar-refractivity contribution is 0.0950. The van der Waals surface area contributed by atoms with Crippen LogP contribution >= 0.6 is 22.7 Å². The minimum absolute atomic E-state index is 0.149. The Labute approximate surface area is 146 Å². The molecule has 2 N–H and O–H groups in total. The molecule has 0 aliphatic carbocycles. The number of hydrogen-bond donors (Lipinski definition) is 2. The summed E-state index contributed by atoms with van der Waals surface area (Å²) in [6.45, 7) is 0.518. The zero-order valence-electron chi connectivity index (χ0n) is 12.7. The molecular weight excluding hydrogens is 340 g/mol. The van der Waals surface area contributed by atoms with Crippen molar-refractivity contribution in [2.75, 3.05) is 6.54 Å². The van der Waals surface area contributed by atoms with Gasteiger partial charge < -0.3 is 10.3 Å². The van der Waals surface area contributed by atoms with Gasteiger partial charge in [-0.15, -0.1) is 11.3 Å². The van der Waals surface area contributed by atoms with Crippen LogP contribution in [0.4, 0.5) is 0 Å². The molecule has 24 heavy (non-hydrogen) atoms. The van der Waals surface area contributed by atoms with Gasteiger partial charge in [0.2, 0.25) is 0 Å². The summed E-state index contributed by atoms with van der Waals surface area (Å²) >= 11 is 3.11. The summed E-state index contributed by atoms with van der Waals surface area (Å²) in [6.07, 6.45) is 0.655. The lowest BCUT2D eigenvalue weighted by Gasteiger charge is -2.01. The monoisotopic (exact) mass is 354 g/mol. The molecule has 4 aromatic rings. The number of fused-ring (bicyclic) bond motifs is 1. The van der Waals surface area contributed by atoms with Crippen molar-refractivity contribution in [3.63, 3.8) is 0 Å². The second kappa shape index (κ2) is 6.54. The van der Waals surface area contributed by atoms with E-state index in [-0.39, 0.29) is 5.91 Å². The van der Waals surface area contributed by atoms with Gasteiger partial charge in [-0.3, -0.25) is 4.79 Å². The smallest absolute Gasteiger partial charge is 0.270 e. The minimum Gasteiger partial charge on any atom is -0.350 e. The molecule has 0 aliphatic rings. The first-order valence-corrected chi connectivity index (χ1v) is 9.32. The molecule has 0 saturated carbocycles. The largest absolute Gasteiger partial charge is 0.350 e. The number of carbonyl (C=O) groups excluding carboxylic acids is 1. The van der Waals surface area contributed by atoms with E-state index in [1.165, 1.54) is 11.3 Å². The fraction of sp³-hybridized carbons (Fsp3) is 0.118. The number of hydrogen-bond acceptors (Lipinski definition) is 5. The third-order valence-corrected chi connectivity index (χ3v) is 5.17. The van der Waals surface area contributed by atoms with Crippen LogP contribution in [0.5, 0.6) is 0 Å². The Hall–Kier alpha value is -2.51. The van der Waals surface area contributed by atoms with Gasteiger partial charge in [0, 0.05) is 29.3 Å². The van der Waals surface area contributed by atoms with Crippen LogP contribution < -0.4 is 5.32 Å². The molecule has 0 bridgehead atoms. The first-order chi connectivity index (χ1) is 11.8. The maximum atomic E-state index is 12.2. The van der Waals surface area contributed by atoms with Gasteiger partial charge in [-0.2, -0.15) is 11.3 Å². The number of benzene rings is 1. The van der Waals surface area contributed by atoms with E-state index >= 15 is 0 Å². The number of imidazole rings is 1. The Balaban J connectivity index is 1.36. The highest BCUT2D eigenvalue weighted by atomic mass is 32.1. The third kappa shape index (κ3) is 3.08. The molecule has 0 atom stereocenters. The number of amides is 1. The topological polar surface area (TPSA) is 70.7 Å². The predicted molar refractivity (Wildman–Crippen MR) is 97.6 cm³/mol. The van der Waals surface area contributed by atoms with Crippen LogP contribution in [0.3, 0.4) is 0 Å². The zero-order chi connectivity index (χ0) is 16.4. The van der Waals surface area contributed by atoms with Crippen LogP contribution in [0.2, 0.25) is 0 Å². The van der Waals surface area contributed by atoms with E-state index < -0.39 is 0 Å². The molecule has 0 saturated heterocycles. The molecule has 1 amide bonds. The summed E-state index contributed by atoms with van der Waals surface area (Å²) in [5.41, 5.74) is 3.48. The number of thiazole rings is 1. The van der Waals surface area contributed by atoms with Crippen molar-refractivity contribution < 1.29 is 4.79 Å². The van der Waals surface area contributed by atoms with E-state index in [1.54, 1.807) is 16.7 Å². The van der Waals surface area contributed by atoms with Gasteiger partial charge in [0.05, 0.1) is 11.0 Å². The van der Waals surface area contributed by atoms with Crippen molar-refractivity contribution in [2.24, 2.45) is 0 Å². The highest BCUT2D eigenvalue weighted by Crippen LogP contribution is 2.25. The summed E-state index contributed by atoms with van der Waals surface area (Å²) in [7, 11) is 0. The highest BCUT2D eigenvalue weighted by molar-refractivity contribution is 7.14. The molecule has 120 valence electrons. The van der Waals surface area contributed by atoms with E-state index in [4.69, 9.17) is 0 Å². The molecule has 3 aromatic heterocycles. The lowest BCUT2D eigenvalue weighted by Crippen LogP contribution is -2.26. The van der Waals surface area contributed by atoms with Crippen LogP contribution in [-0.2, 0) is 6.42 Å². The Bertz CT molecular complexity index is 938. The standard InChI is InChI=1S/C17H14N4OS2/c22-16(14-10-24-17(21-14)11-6-8-23-9-11)18-7-5-15-19-12-3-1-2-4-13(12)20-15/h1-4,6,8-10H,5,7H2,(H,18,22)(H,19,20). The number of rotatable bonds is 5. The van der Waals surface area contributed by atoms with Crippen molar-refractivity contribution in [3.8, 4) is 10.6 Å². The van der Waals surface area contributed by atoms with Crippen LogP contribution in [0.25, 0.3) is 21.6 Å². The van der Waals surface area contributed by atoms with Crippen LogP contribution in [0.1, 0.15) is 16.3 Å². The number of aromatic amines is 1. The van der Waals surface area contributed by atoms with Crippen LogP contribution in [0, 0.1) is 0 Å². The number of nitrogens with zero attached hydrogens (tertiary/aromatic N) is 2. The summed E-state index contributed by atoms with van der Waals surface area (Å²) in [4.78, 5) is 24.4. The molecule has 0 fully saturated rings. The van der Waals surface area contributed by atoms with E-state index in [1.807, 2.05) is 41.1 Å². The molecule has 0 spiro atoms. The third-order valence-electron chi connectivity index (χ3n) is 3.59. The van der Waals surface area contributed by atoms with Crippen molar-refractivity contribution in [1.82, 2.24) is 20.3 Å². The minimum atomic E-state index is -0.149. The van der Waals surface area contributed by atoms with Crippen LogP contribution in [-0.4, -0.2) is 27.4 Å². The number of aromatic nitrogens is 3.